The maximum absolute atomic E-state index is 12.3. The lowest BCUT2D eigenvalue weighted by atomic mass is 10.0. The fraction of sp³-hybridized carbons (Fsp3) is 0.211. The normalized spacial score (nSPS) is 11.6. The maximum atomic E-state index is 12.3. The number of para-hydroxylation sites is 1. The smallest absolute Gasteiger partial charge is 0.338 e. The predicted molar refractivity (Wildman–Crippen MR) is 89.8 cm³/mol. The summed E-state index contributed by atoms with van der Waals surface area (Å²) in [6.07, 6.45) is 0.743. The molecule has 0 atom stereocenters. The van der Waals surface area contributed by atoms with Crippen molar-refractivity contribution in [2.24, 2.45) is 0 Å². The van der Waals surface area contributed by atoms with Crippen molar-refractivity contribution >= 4 is 34.1 Å². The van der Waals surface area contributed by atoms with E-state index >= 15 is 0 Å². The fourth-order valence-corrected chi connectivity index (χ4v) is 2.46. The lowest BCUT2D eigenvalue weighted by molar-refractivity contribution is 0.00696. The highest BCUT2D eigenvalue weighted by atomic mass is 16.6. The topological polar surface area (TPSA) is 56.3 Å². The molecule has 3 aromatic rings. The van der Waals surface area contributed by atoms with Gasteiger partial charge in [-0.15, -0.1) is 0 Å². The Labute approximate surface area is 134 Å². The summed E-state index contributed by atoms with van der Waals surface area (Å²) in [6, 6.07) is 12.8. The van der Waals surface area contributed by atoms with Crippen LogP contribution in [-0.2, 0) is 4.74 Å². The first kappa shape index (κ1) is 15.2. The monoisotopic (exact) mass is 307 g/mol. The Balaban J connectivity index is 2.20. The zero-order chi connectivity index (χ0) is 16.6. The number of nitrogens with zero attached hydrogens (tertiary/aromatic N) is 1. The van der Waals surface area contributed by atoms with E-state index in [9.17, 15) is 9.59 Å². The molecule has 0 saturated heterocycles. The number of ether oxygens (including phenoxy) is 1. The van der Waals surface area contributed by atoms with Gasteiger partial charge in [0.05, 0.1) is 16.6 Å². The summed E-state index contributed by atoms with van der Waals surface area (Å²) in [5, 5.41) is 1.68. The van der Waals surface area contributed by atoms with Crippen LogP contribution in [0, 0.1) is 0 Å². The molecule has 0 aliphatic carbocycles. The number of aldehydes is 1. The fourth-order valence-electron chi connectivity index (χ4n) is 2.46. The molecule has 4 heteroatoms. The Kier molecular flexibility index (Phi) is 3.60. The Morgan fingerprint density at radius 1 is 1.09 bits per heavy atom. The quantitative estimate of drug-likeness (QED) is 0.405. The molecule has 4 nitrogen and oxygen atoms in total. The molecule has 0 amide bonds. The molecule has 0 radical (unpaired) electrons. The minimum absolute atomic E-state index is 0.331. The van der Waals surface area contributed by atoms with Gasteiger partial charge in [-0.25, -0.2) is 9.78 Å². The van der Waals surface area contributed by atoms with Crippen molar-refractivity contribution in [1.29, 1.82) is 0 Å². The Morgan fingerprint density at radius 3 is 2.52 bits per heavy atom. The van der Waals surface area contributed by atoms with Gasteiger partial charge in [0.1, 0.15) is 5.60 Å². The van der Waals surface area contributed by atoms with Crippen molar-refractivity contribution in [2.45, 2.75) is 26.4 Å². The van der Waals surface area contributed by atoms with E-state index in [1.54, 1.807) is 32.9 Å². The van der Waals surface area contributed by atoms with E-state index in [4.69, 9.17) is 4.74 Å². The SMILES string of the molecule is CC(C)(C)OC(=O)c1cc(C=O)c2cc3ccccc3nc2c1. The van der Waals surface area contributed by atoms with Gasteiger partial charge in [-0.3, -0.25) is 4.79 Å². The number of fused-ring (bicyclic) bond motifs is 2. The number of carbonyl (C=O) groups is 2. The third-order valence-electron chi connectivity index (χ3n) is 3.43. The van der Waals surface area contributed by atoms with E-state index in [1.807, 2.05) is 30.3 Å². The summed E-state index contributed by atoms with van der Waals surface area (Å²) in [7, 11) is 0. The summed E-state index contributed by atoms with van der Waals surface area (Å²) in [5.41, 5.74) is 1.59. The van der Waals surface area contributed by atoms with Crippen LogP contribution in [0.4, 0.5) is 0 Å². The van der Waals surface area contributed by atoms with E-state index in [-0.39, 0.29) is 0 Å². The van der Waals surface area contributed by atoms with Crippen LogP contribution in [-0.4, -0.2) is 22.8 Å². The van der Waals surface area contributed by atoms with E-state index in [0.717, 1.165) is 22.6 Å². The van der Waals surface area contributed by atoms with Crippen molar-refractivity contribution in [1.82, 2.24) is 4.98 Å². The minimum Gasteiger partial charge on any atom is -0.456 e. The first-order chi connectivity index (χ1) is 10.9. The summed E-state index contributed by atoms with van der Waals surface area (Å²) in [4.78, 5) is 28.3. The lowest BCUT2D eigenvalue weighted by Crippen LogP contribution is -2.24. The van der Waals surface area contributed by atoms with Crippen LogP contribution in [0.1, 0.15) is 41.5 Å². The predicted octanol–water partition coefficient (Wildman–Crippen LogP) is 4.16. The van der Waals surface area contributed by atoms with Crippen molar-refractivity contribution in [3.05, 3.63) is 53.6 Å². The number of aromatic nitrogens is 1. The first-order valence-corrected chi connectivity index (χ1v) is 7.39. The molecule has 0 spiro atoms. The van der Waals surface area contributed by atoms with Crippen LogP contribution in [0.5, 0.6) is 0 Å². The molecule has 0 bridgehead atoms. The molecule has 2 aromatic carbocycles. The van der Waals surface area contributed by atoms with Crippen molar-refractivity contribution in [3.63, 3.8) is 0 Å². The number of rotatable bonds is 2. The van der Waals surface area contributed by atoms with E-state index in [0.29, 0.717) is 16.6 Å². The zero-order valence-electron chi connectivity index (χ0n) is 13.3. The maximum Gasteiger partial charge on any atom is 0.338 e. The Hall–Kier alpha value is -2.75. The molecule has 0 fully saturated rings. The van der Waals surface area contributed by atoms with Gasteiger partial charge in [0.2, 0.25) is 0 Å². The average molecular weight is 307 g/mol. The molecule has 116 valence electrons. The third-order valence-corrected chi connectivity index (χ3v) is 3.43. The molecule has 1 heterocycles. The van der Waals surface area contributed by atoms with Crippen LogP contribution in [0.3, 0.4) is 0 Å². The molecule has 0 aliphatic rings. The first-order valence-electron chi connectivity index (χ1n) is 7.39. The highest BCUT2D eigenvalue weighted by Crippen LogP contribution is 2.24. The Bertz CT molecular complexity index is 923. The summed E-state index contributed by atoms with van der Waals surface area (Å²) < 4.78 is 5.38. The molecule has 3 rings (SSSR count). The largest absolute Gasteiger partial charge is 0.456 e. The second-order valence-electron chi connectivity index (χ2n) is 6.43. The van der Waals surface area contributed by atoms with Gasteiger partial charge >= 0.3 is 5.97 Å². The van der Waals surface area contributed by atoms with Gasteiger partial charge < -0.3 is 4.74 Å². The number of esters is 1. The van der Waals surface area contributed by atoms with Crippen LogP contribution < -0.4 is 0 Å². The molecule has 1 aromatic heterocycles. The molecule has 0 unspecified atom stereocenters. The van der Waals surface area contributed by atoms with Crippen molar-refractivity contribution in [2.75, 3.05) is 0 Å². The Morgan fingerprint density at radius 2 is 1.83 bits per heavy atom. The summed E-state index contributed by atoms with van der Waals surface area (Å²) in [5.74, 6) is -0.461. The van der Waals surface area contributed by atoms with Crippen LogP contribution in [0.2, 0.25) is 0 Å². The van der Waals surface area contributed by atoms with Crippen LogP contribution in [0.15, 0.2) is 42.5 Å². The highest BCUT2D eigenvalue weighted by molar-refractivity contribution is 6.05. The van der Waals surface area contributed by atoms with E-state index in [1.165, 1.54) is 0 Å². The number of hydrogen-bond acceptors (Lipinski definition) is 4. The number of carbonyl (C=O) groups excluding carboxylic acids is 2. The zero-order valence-corrected chi connectivity index (χ0v) is 13.3. The van der Waals surface area contributed by atoms with E-state index < -0.39 is 11.6 Å². The van der Waals surface area contributed by atoms with Crippen molar-refractivity contribution < 1.29 is 14.3 Å². The van der Waals surface area contributed by atoms with Gasteiger partial charge in [-0.1, -0.05) is 18.2 Å². The molecule has 0 aliphatic heterocycles. The van der Waals surface area contributed by atoms with Gasteiger partial charge in [-0.05, 0) is 45.0 Å². The molecular formula is C19H17NO3. The van der Waals surface area contributed by atoms with Crippen LogP contribution in [0.25, 0.3) is 21.8 Å². The second kappa shape index (κ2) is 5.47. The summed E-state index contributed by atoms with van der Waals surface area (Å²) >= 11 is 0. The highest BCUT2D eigenvalue weighted by Gasteiger charge is 2.19. The van der Waals surface area contributed by atoms with Crippen molar-refractivity contribution in [3.8, 4) is 0 Å². The average Bonchev–Trinajstić information content (AvgIpc) is 2.50. The number of hydrogen-bond donors (Lipinski definition) is 0. The minimum atomic E-state index is -0.593. The third kappa shape index (κ3) is 3.06. The van der Waals surface area contributed by atoms with Gasteiger partial charge in [0.15, 0.2) is 6.29 Å². The molecule has 0 saturated carbocycles. The van der Waals surface area contributed by atoms with E-state index in [2.05, 4.69) is 4.98 Å². The van der Waals surface area contributed by atoms with Gasteiger partial charge in [0.25, 0.3) is 0 Å². The second-order valence-corrected chi connectivity index (χ2v) is 6.43. The standard InChI is InChI=1S/C19H17NO3/c1-19(2,3)23-18(22)13-8-14(11-21)15-9-12-6-4-5-7-16(12)20-17(15)10-13/h4-11H,1-3H3. The lowest BCUT2D eigenvalue weighted by Gasteiger charge is -2.19. The molecule has 0 N–H and O–H groups in total. The molecule has 23 heavy (non-hydrogen) atoms. The molecular weight excluding hydrogens is 290 g/mol. The van der Waals surface area contributed by atoms with Gasteiger partial charge in [-0.2, -0.15) is 0 Å². The number of pyridine rings is 1. The van der Waals surface area contributed by atoms with Crippen LogP contribution >= 0.6 is 0 Å². The van der Waals surface area contributed by atoms with Gasteiger partial charge in [0, 0.05) is 16.3 Å². The summed E-state index contributed by atoms with van der Waals surface area (Å²) in [6.45, 7) is 5.41. The number of benzene rings is 2.